The van der Waals surface area contributed by atoms with Crippen molar-refractivity contribution in [1.29, 1.82) is 0 Å². The van der Waals surface area contributed by atoms with Crippen molar-refractivity contribution in [2.45, 2.75) is 37.6 Å². The predicted molar refractivity (Wildman–Crippen MR) is 111 cm³/mol. The highest BCUT2D eigenvalue weighted by molar-refractivity contribution is 8.01. The average Bonchev–Trinajstić information content (AvgIpc) is 3.22. The van der Waals surface area contributed by atoms with Crippen molar-refractivity contribution in [1.82, 2.24) is 19.7 Å². The van der Waals surface area contributed by atoms with E-state index in [1.165, 1.54) is 10.4 Å². The van der Waals surface area contributed by atoms with Gasteiger partial charge >= 0.3 is 0 Å². The Hall–Kier alpha value is -1.86. The number of thiazole rings is 1. The summed E-state index contributed by atoms with van der Waals surface area (Å²) in [5, 5.41) is 4.57. The number of amides is 1. The minimum absolute atomic E-state index is 0.226. The Morgan fingerprint density at radius 1 is 1.26 bits per heavy atom. The molecule has 0 aliphatic carbocycles. The van der Waals surface area contributed by atoms with Gasteiger partial charge in [0, 0.05) is 25.3 Å². The zero-order valence-electron chi connectivity index (χ0n) is 15.7. The Labute approximate surface area is 167 Å². The lowest BCUT2D eigenvalue weighted by Crippen LogP contribution is -2.40. The molecule has 0 bridgehead atoms. The van der Waals surface area contributed by atoms with Gasteiger partial charge in [-0.25, -0.2) is 4.98 Å². The minimum atomic E-state index is 0.226. The van der Waals surface area contributed by atoms with E-state index in [2.05, 4.69) is 33.8 Å². The van der Waals surface area contributed by atoms with E-state index in [1.54, 1.807) is 23.1 Å². The molecule has 1 aliphatic heterocycles. The summed E-state index contributed by atoms with van der Waals surface area (Å²) >= 11 is 3.22. The highest BCUT2D eigenvalue weighted by Crippen LogP contribution is 2.30. The number of piperidine rings is 1. The standard InChI is InChI=1S/C20H24N4OS2/c1-14-11-15(2)24(22-14)12-16-7-9-23(10-8-16)19(25)13-26-20-21-17-5-3-4-6-18(17)27-20/h3-6,11,16H,7-10,12-13H2,1-2H3. The number of hydrogen-bond acceptors (Lipinski definition) is 5. The molecule has 1 saturated heterocycles. The number of fused-ring (bicyclic) bond motifs is 1. The van der Waals surface area contributed by atoms with Gasteiger partial charge in [-0.2, -0.15) is 5.10 Å². The van der Waals surface area contributed by atoms with Crippen LogP contribution in [0.3, 0.4) is 0 Å². The summed E-state index contributed by atoms with van der Waals surface area (Å²) in [6, 6.07) is 10.2. The Morgan fingerprint density at radius 3 is 2.74 bits per heavy atom. The van der Waals surface area contributed by atoms with Crippen LogP contribution in [0.2, 0.25) is 0 Å². The summed E-state index contributed by atoms with van der Waals surface area (Å²) in [6.07, 6.45) is 2.10. The fraction of sp³-hybridized carbons (Fsp3) is 0.450. The van der Waals surface area contributed by atoms with Crippen molar-refractivity contribution in [3.05, 3.63) is 41.7 Å². The van der Waals surface area contributed by atoms with Crippen molar-refractivity contribution in [3.63, 3.8) is 0 Å². The van der Waals surface area contributed by atoms with E-state index in [0.29, 0.717) is 11.7 Å². The molecule has 4 rings (SSSR count). The van der Waals surface area contributed by atoms with Gasteiger partial charge in [0.15, 0.2) is 4.34 Å². The van der Waals surface area contributed by atoms with Gasteiger partial charge in [0.05, 0.1) is 21.7 Å². The summed E-state index contributed by atoms with van der Waals surface area (Å²) in [4.78, 5) is 19.2. The van der Waals surface area contributed by atoms with Crippen LogP contribution in [0.4, 0.5) is 0 Å². The second-order valence-electron chi connectivity index (χ2n) is 7.17. The summed E-state index contributed by atoms with van der Waals surface area (Å²) in [7, 11) is 0. The number of thioether (sulfide) groups is 1. The second kappa shape index (κ2) is 8.02. The van der Waals surface area contributed by atoms with Crippen LogP contribution in [0, 0.1) is 19.8 Å². The molecule has 0 radical (unpaired) electrons. The first-order chi connectivity index (χ1) is 13.1. The number of aryl methyl sites for hydroxylation is 2. The Morgan fingerprint density at radius 2 is 2.04 bits per heavy atom. The average molecular weight is 401 g/mol. The van der Waals surface area contributed by atoms with Gasteiger partial charge in [-0.15, -0.1) is 11.3 Å². The number of para-hydroxylation sites is 1. The van der Waals surface area contributed by atoms with E-state index >= 15 is 0 Å². The first-order valence-electron chi connectivity index (χ1n) is 9.35. The van der Waals surface area contributed by atoms with Crippen LogP contribution in [-0.2, 0) is 11.3 Å². The monoisotopic (exact) mass is 400 g/mol. The Balaban J connectivity index is 1.26. The number of likely N-dealkylation sites (tertiary alicyclic amines) is 1. The number of carbonyl (C=O) groups excluding carboxylic acids is 1. The summed E-state index contributed by atoms with van der Waals surface area (Å²) in [5.41, 5.74) is 3.31. The largest absolute Gasteiger partial charge is 0.342 e. The van der Waals surface area contributed by atoms with Crippen molar-refractivity contribution < 1.29 is 4.79 Å². The molecule has 0 N–H and O–H groups in total. The smallest absolute Gasteiger partial charge is 0.233 e. The van der Waals surface area contributed by atoms with Crippen molar-refractivity contribution >= 4 is 39.2 Å². The van der Waals surface area contributed by atoms with E-state index in [1.807, 2.05) is 30.0 Å². The number of benzene rings is 1. The molecular formula is C20H24N4OS2. The van der Waals surface area contributed by atoms with Crippen LogP contribution >= 0.6 is 23.1 Å². The normalized spacial score (nSPS) is 15.6. The highest BCUT2D eigenvalue weighted by atomic mass is 32.2. The lowest BCUT2D eigenvalue weighted by molar-refractivity contribution is -0.129. The molecule has 5 nitrogen and oxygen atoms in total. The first-order valence-corrected chi connectivity index (χ1v) is 11.2. The molecule has 3 heterocycles. The Bertz CT molecular complexity index is 908. The number of hydrogen-bond donors (Lipinski definition) is 0. The van der Waals surface area contributed by atoms with Crippen molar-refractivity contribution in [2.24, 2.45) is 5.92 Å². The number of rotatable bonds is 5. The SMILES string of the molecule is Cc1cc(C)n(CC2CCN(C(=O)CSc3nc4ccccc4s3)CC2)n1. The van der Waals surface area contributed by atoms with Crippen LogP contribution in [-0.4, -0.2) is 44.4 Å². The van der Waals surface area contributed by atoms with E-state index in [4.69, 9.17) is 0 Å². The number of carbonyl (C=O) groups is 1. The van der Waals surface area contributed by atoms with Crippen LogP contribution in [0.1, 0.15) is 24.2 Å². The molecule has 1 amide bonds. The molecule has 0 spiro atoms. The first kappa shape index (κ1) is 18.5. The molecule has 2 aromatic heterocycles. The molecule has 1 fully saturated rings. The van der Waals surface area contributed by atoms with Crippen molar-refractivity contribution in [3.8, 4) is 0 Å². The van der Waals surface area contributed by atoms with Gasteiger partial charge in [-0.05, 0) is 50.8 Å². The molecule has 27 heavy (non-hydrogen) atoms. The quantitative estimate of drug-likeness (QED) is 0.604. The predicted octanol–water partition coefficient (Wildman–Crippen LogP) is 4.14. The Kier molecular flexibility index (Phi) is 5.50. The molecule has 0 saturated carbocycles. The molecule has 3 aromatic rings. The van der Waals surface area contributed by atoms with Crippen LogP contribution in [0.5, 0.6) is 0 Å². The van der Waals surface area contributed by atoms with Crippen LogP contribution in [0.15, 0.2) is 34.7 Å². The third-order valence-corrected chi connectivity index (χ3v) is 7.26. The molecule has 7 heteroatoms. The van der Waals surface area contributed by atoms with Gasteiger partial charge in [0.1, 0.15) is 0 Å². The number of aromatic nitrogens is 3. The maximum Gasteiger partial charge on any atom is 0.233 e. The maximum atomic E-state index is 12.6. The molecule has 0 atom stereocenters. The summed E-state index contributed by atoms with van der Waals surface area (Å²) < 4.78 is 4.27. The third kappa shape index (κ3) is 4.35. The molecule has 142 valence electrons. The summed E-state index contributed by atoms with van der Waals surface area (Å²) in [6.45, 7) is 6.81. The number of nitrogens with zero attached hydrogens (tertiary/aromatic N) is 4. The zero-order chi connectivity index (χ0) is 18.8. The van der Waals surface area contributed by atoms with E-state index in [9.17, 15) is 4.79 Å². The highest BCUT2D eigenvalue weighted by Gasteiger charge is 2.24. The molecule has 1 aliphatic rings. The van der Waals surface area contributed by atoms with Gasteiger partial charge in [-0.1, -0.05) is 23.9 Å². The van der Waals surface area contributed by atoms with Gasteiger partial charge < -0.3 is 4.90 Å². The second-order valence-corrected chi connectivity index (χ2v) is 9.42. The van der Waals surface area contributed by atoms with Gasteiger partial charge in [0.25, 0.3) is 0 Å². The van der Waals surface area contributed by atoms with Crippen LogP contribution < -0.4 is 0 Å². The molecular weight excluding hydrogens is 376 g/mol. The fourth-order valence-corrected chi connectivity index (χ4v) is 5.57. The topological polar surface area (TPSA) is 51.0 Å². The minimum Gasteiger partial charge on any atom is -0.342 e. The summed E-state index contributed by atoms with van der Waals surface area (Å²) in [5.74, 6) is 1.30. The molecule has 0 unspecified atom stereocenters. The van der Waals surface area contributed by atoms with Gasteiger partial charge in [-0.3, -0.25) is 9.48 Å². The fourth-order valence-electron chi connectivity index (χ4n) is 3.60. The third-order valence-electron chi connectivity index (χ3n) is 5.10. The lowest BCUT2D eigenvalue weighted by Gasteiger charge is -2.32. The van der Waals surface area contributed by atoms with E-state index in [-0.39, 0.29) is 5.91 Å². The lowest BCUT2D eigenvalue weighted by atomic mass is 9.97. The molecule has 1 aromatic carbocycles. The zero-order valence-corrected chi connectivity index (χ0v) is 17.4. The maximum absolute atomic E-state index is 12.6. The van der Waals surface area contributed by atoms with Crippen LogP contribution in [0.25, 0.3) is 10.2 Å². The van der Waals surface area contributed by atoms with E-state index in [0.717, 1.165) is 48.0 Å². The van der Waals surface area contributed by atoms with Crippen molar-refractivity contribution in [2.75, 3.05) is 18.8 Å². The van der Waals surface area contributed by atoms with Gasteiger partial charge in [0.2, 0.25) is 5.91 Å². The van der Waals surface area contributed by atoms with E-state index < -0.39 is 0 Å².